The fraction of sp³-hybridized carbons (Fsp3) is 0.150. The van der Waals surface area contributed by atoms with E-state index in [4.69, 9.17) is 10.5 Å². The standard InChI is InChI=1S/C20H19N5OS/c1-26-13-25-16-11-14(12-18(21)24-15-5-3-2-4-6-15)7-8-17(16)27-20-19(25)22-9-10-23-20/h2-11H,12-13H2,1H3,(H2,21,24). The van der Waals surface area contributed by atoms with Gasteiger partial charge in [0.15, 0.2) is 5.82 Å². The van der Waals surface area contributed by atoms with Crippen LogP contribution in [0.1, 0.15) is 5.56 Å². The zero-order valence-corrected chi connectivity index (χ0v) is 15.7. The normalized spacial score (nSPS) is 13.2. The highest BCUT2D eigenvalue weighted by molar-refractivity contribution is 7.99. The molecule has 0 fully saturated rings. The first kappa shape index (κ1) is 17.5. The lowest BCUT2D eigenvalue weighted by atomic mass is 10.1. The number of nitrogens with zero attached hydrogens (tertiary/aromatic N) is 4. The third-order valence-electron chi connectivity index (χ3n) is 4.10. The molecule has 2 heterocycles. The first-order valence-electron chi connectivity index (χ1n) is 8.51. The number of nitrogens with two attached hydrogens (primary N) is 1. The van der Waals surface area contributed by atoms with Crippen LogP contribution >= 0.6 is 11.8 Å². The number of ether oxygens (including phenoxy) is 1. The fourth-order valence-corrected chi connectivity index (χ4v) is 3.93. The molecule has 0 radical (unpaired) electrons. The van der Waals surface area contributed by atoms with Gasteiger partial charge in [0.2, 0.25) is 0 Å². The van der Waals surface area contributed by atoms with Gasteiger partial charge < -0.3 is 10.5 Å². The molecule has 2 N–H and O–H groups in total. The van der Waals surface area contributed by atoms with Gasteiger partial charge in [-0.05, 0) is 29.8 Å². The molecule has 0 amide bonds. The lowest BCUT2D eigenvalue weighted by molar-refractivity contribution is 0.204. The molecule has 0 bridgehead atoms. The van der Waals surface area contributed by atoms with Crippen LogP contribution < -0.4 is 10.6 Å². The highest BCUT2D eigenvalue weighted by Gasteiger charge is 2.25. The molecular weight excluding hydrogens is 358 g/mol. The van der Waals surface area contributed by atoms with Crippen LogP contribution in [-0.4, -0.2) is 29.6 Å². The summed E-state index contributed by atoms with van der Waals surface area (Å²) < 4.78 is 5.40. The number of hydrogen-bond donors (Lipinski definition) is 1. The second kappa shape index (κ2) is 7.77. The van der Waals surface area contributed by atoms with Gasteiger partial charge >= 0.3 is 0 Å². The van der Waals surface area contributed by atoms with Crippen LogP contribution in [0.3, 0.4) is 0 Å². The third kappa shape index (κ3) is 3.79. The zero-order chi connectivity index (χ0) is 18.6. The molecule has 0 unspecified atom stereocenters. The van der Waals surface area contributed by atoms with Gasteiger partial charge in [-0.2, -0.15) is 0 Å². The summed E-state index contributed by atoms with van der Waals surface area (Å²) in [6, 6.07) is 16.0. The number of benzene rings is 2. The molecule has 0 spiro atoms. The summed E-state index contributed by atoms with van der Waals surface area (Å²) in [4.78, 5) is 16.5. The van der Waals surface area contributed by atoms with E-state index in [0.29, 0.717) is 19.0 Å². The number of hydrogen-bond acceptors (Lipinski definition) is 6. The number of aromatic nitrogens is 2. The highest BCUT2D eigenvalue weighted by Crippen LogP contribution is 2.46. The quantitative estimate of drug-likeness (QED) is 0.536. The smallest absolute Gasteiger partial charge is 0.168 e. The van der Waals surface area contributed by atoms with Crippen LogP contribution in [0.4, 0.5) is 17.2 Å². The first-order valence-corrected chi connectivity index (χ1v) is 9.32. The van der Waals surface area contributed by atoms with Gasteiger partial charge in [-0.15, -0.1) is 0 Å². The molecule has 136 valence electrons. The van der Waals surface area contributed by atoms with E-state index in [-0.39, 0.29) is 0 Å². The molecule has 1 aromatic heterocycles. The molecule has 3 aromatic rings. The summed E-state index contributed by atoms with van der Waals surface area (Å²) >= 11 is 1.61. The lowest BCUT2D eigenvalue weighted by Crippen LogP contribution is -2.25. The minimum Gasteiger partial charge on any atom is -0.387 e. The van der Waals surface area contributed by atoms with Crippen LogP contribution in [0.15, 0.2) is 75.8 Å². The van der Waals surface area contributed by atoms with Crippen LogP contribution in [0.2, 0.25) is 0 Å². The minimum atomic E-state index is 0.399. The molecule has 2 aromatic carbocycles. The maximum atomic E-state index is 6.17. The van der Waals surface area contributed by atoms with Gasteiger partial charge in [-0.1, -0.05) is 36.0 Å². The Labute approximate surface area is 162 Å². The van der Waals surface area contributed by atoms with Gasteiger partial charge in [-0.25, -0.2) is 15.0 Å². The number of aliphatic imine (C=N–C) groups is 1. The molecular formula is C20H19N5OS. The number of fused-ring (bicyclic) bond motifs is 2. The summed E-state index contributed by atoms with van der Waals surface area (Å²) in [5, 5.41) is 0.875. The SMILES string of the molecule is COCN1c2cc(CC(N)=Nc3ccccc3)ccc2Sc2nccnc21. The highest BCUT2D eigenvalue weighted by atomic mass is 32.2. The number of rotatable bonds is 5. The van der Waals surface area contributed by atoms with Crippen molar-refractivity contribution in [2.75, 3.05) is 18.7 Å². The fourth-order valence-electron chi connectivity index (χ4n) is 2.94. The third-order valence-corrected chi connectivity index (χ3v) is 5.14. The summed E-state index contributed by atoms with van der Waals surface area (Å²) in [6.45, 7) is 0.399. The van der Waals surface area contributed by atoms with E-state index in [9.17, 15) is 0 Å². The molecule has 27 heavy (non-hydrogen) atoms. The van der Waals surface area contributed by atoms with E-state index >= 15 is 0 Å². The largest absolute Gasteiger partial charge is 0.387 e. The van der Waals surface area contributed by atoms with E-state index in [2.05, 4.69) is 33.2 Å². The van der Waals surface area contributed by atoms with E-state index in [1.54, 1.807) is 31.3 Å². The Balaban J connectivity index is 1.63. The van der Waals surface area contributed by atoms with Crippen molar-refractivity contribution in [3.05, 3.63) is 66.5 Å². The molecule has 0 saturated heterocycles. The number of amidine groups is 1. The Hall–Kier alpha value is -2.90. The number of anilines is 2. The molecule has 0 atom stereocenters. The van der Waals surface area contributed by atoms with E-state index in [0.717, 1.165) is 32.7 Å². The van der Waals surface area contributed by atoms with E-state index in [1.165, 1.54) is 0 Å². The minimum absolute atomic E-state index is 0.399. The Morgan fingerprint density at radius 3 is 2.78 bits per heavy atom. The van der Waals surface area contributed by atoms with Crippen LogP contribution in [-0.2, 0) is 11.2 Å². The second-order valence-electron chi connectivity index (χ2n) is 6.05. The second-order valence-corrected chi connectivity index (χ2v) is 7.08. The first-order chi connectivity index (χ1) is 13.2. The molecule has 0 saturated carbocycles. The van der Waals surface area contributed by atoms with Crippen molar-refractivity contribution in [1.29, 1.82) is 0 Å². The topological polar surface area (TPSA) is 76.6 Å². The van der Waals surface area contributed by atoms with Gasteiger partial charge in [0, 0.05) is 30.8 Å². The van der Waals surface area contributed by atoms with Gasteiger partial charge in [0.25, 0.3) is 0 Å². The molecule has 4 rings (SSSR count). The maximum absolute atomic E-state index is 6.17. The number of methoxy groups -OCH3 is 1. The Morgan fingerprint density at radius 2 is 1.96 bits per heavy atom. The van der Waals surface area contributed by atoms with Gasteiger partial charge in [0.1, 0.15) is 17.6 Å². The van der Waals surface area contributed by atoms with Gasteiger partial charge in [-0.3, -0.25) is 4.90 Å². The molecule has 0 aliphatic carbocycles. The summed E-state index contributed by atoms with van der Waals surface area (Å²) in [6.07, 6.45) is 3.97. The van der Waals surface area contributed by atoms with Crippen LogP contribution in [0.25, 0.3) is 0 Å². The Morgan fingerprint density at radius 1 is 1.15 bits per heavy atom. The predicted molar refractivity (Wildman–Crippen MR) is 108 cm³/mol. The van der Waals surface area contributed by atoms with Crippen LogP contribution in [0, 0.1) is 0 Å². The van der Waals surface area contributed by atoms with Crippen molar-refractivity contribution in [2.24, 2.45) is 10.7 Å². The van der Waals surface area contributed by atoms with Crippen molar-refractivity contribution in [3.8, 4) is 0 Å². The predicted octanol–water partition coefficient (Wildman–Crippen LogP) is 3.91. The molecule has 1 aliphatic rings. The molecule has 7 heteroatoms. The lowest BCUT2D eigenvalue weighted by Gasteiger charge is -2.30. The van der Waals surface area contributed by atoms with Crippen LogP contribution in [0.5, 0.6) is 0 Å². The van der Waals surface area contributed by atoms with Gasteiger partial charge in [0.05, 0.1) is 11.4 Å². The summed E-state index contributed by atoms with van der Waals surface area (Å²) in [5.74, 6) is 1.38. The van der Waals surface area contributed by atoms with Crippen molar-refractivity contribution < 1.29 is 4.74 Å². The monoisotopic (exact) mass is 377 g/mol. The van der Waals surface area contributed by atoms with E-state index < -0.39 is 0 Å². The average molecular weight is 377 g/mol. The van der Waals surface area contributed by atoms with Crippen molar-refractivity contribution >= 4 is 34.8 Å². The van der Waals surface area contributed by atoms with Crippen molar-refractivity contribution in [2.45, 2.75) is 16.3 Å². The number of para-hydroxylation sites is 1. The maximum Gasteiger partial charge on any atom is 0.168 e. The summed E-state index contributed by atoms with van der Waals surface area (Å²) in [7, 11) is 1.67. The average Bonchev–Trinajstić information content (AvgIpc) is 2.69. The van der Waals surface area contributed by atoms with Crippen molar-refractivity contribution in [3.63, 3.8) is 0 Å². The zero-order valence-electron chi connectivity index (χ0n) is 14.9. The Bertz CT molecular complexity index is 977. The molecule has 1 aliphatic heterocycles. The molecule has 6 nitrogen and oxygen atoms in total. The summed E-state index contributed by atoms with van der Waals surface area (Å²) in [5.41, 5.74) is 9.15. The Kier molecular flexibility index (Phi) is 5.04. The van der Waals surface area contributed by atoms with E-state index in [1.807, 2.05) is 35.2 Å². The van der Waals surface area contributed by atoms with Crippen molar-refractivity contribution in [1.82, 2.24) is 9.97 Å².